The summed E-state index contributed by atoms with van der Waals surface area (Å²) in [4.78, 5) is 64.6. The van der Waals surface area contributed by atoms with Gasteiger partial charge in [-0.1, -0.05) is 127 Å². The van der Waals surface area contributed by atoms with Gasteiger partial charge in [0.05, 0.1) is 29.0 Å². The number of oxime groups is 1. The van der Waals surface area contributed by atoms with Gasteiger partial charge in [0.25, 0.3) is 0 Å². The van der Waals surface area contributed by atoms with E-state index in [0.717, 1.165) is 86.5 Å². The lowest BCUT2D eigenvalue weighted by Gasteiger charge is -2.33. The molecule has 1 N–H and O–H groups in total. The van der Waals surface area contributed by atoms with Gasteiger partial charge in [-0.25, -0.2) is 4.79 Å². The molecule has 13 unspecified atom stereocenters. The number of rotatable bonds is 16. The van der Waals surface area contributed by atoms with Crippen molar-refractivity contribution in [3.8, 4) is 11.1 Å². The number of nitrogens with zero attached hydrogens (tertiary/aromatic N) is 1. The van der Waals surface area contributed by atoms with Gasteiger partial charge in [0.2, 0.25) is 5.78 Å². The van der Waals surface area contributed by atoms with Crippen molar-refractivity contribution in [2.45, 2.75) is 209 Å². The second-order valence-corrected chi connectivity index (χ2v) is 25.7. The lowest BCUT2D eigenvalue weighted by molar-refractivity contribution is -0.164. The van der Waals surface area contributed by atoms with Crippen LogP contribution in [0.1, 0.15) is 205 Å². The molecule has 0 amide bonds. The van der Waals surface area contributed by atoms with E-state index in [-0.39, 0.29) is 52.4 Å². The average molecular weight is 1070 g/mol. The molecule has 1 aliphatic heterocycles. The van der Waals surface area contributed by atoms with E-state index in [9.17, 15) is 24.0 Å². The van der Waals surface area contributed by atoms with Crippen molar-refractivity contribution in [2.75, 3.05) is 0 Å². The molecule has 11 rings (SSSR count). The SMILES string of the molecule is CCC(C)(C)C(=O)O.CCC(C)(C)C(=O)OC1CC2CC1C1CCCC21.CCC(C)C(=O)OC1CC2CC1C1C2CC2OC21.CCCC1(CCC)c2ccccc2-c2ccc(C(=O)/C(=N/OC(C)=O)c3ccccc3C)cc21. The molecule has 7 fully saturated rings. The summed E-state index contributed by atoms with van der Waals surface area (Å²) in [5.74, 6) is 4.98. The third-order valence-electron chi connectivity index (χ3n) is 20.3. The number of esters is 2. The van der Waals surface area contributed by atoms with Crippen LogP contribution in [-0.4, -0.2) is 64.9 Å². The van der Waals surface area contributed by atoms with Crippen LogP contribution in [0.15, 0.2) is 71.9 Å². The Kier molecular flexibility index (Phi) is 18.4. The fraction of sp³-hybridized carbons (Fsp3) is 0.642. The zero-order chi connectivity index (χ0) is 56.4. The highest BCUT2D eigenvalue weighted by molar-refractivity contribution is 6.51. The molecule has 0 spiro atoms. The topological polar surface area (TPSA) is 158 Å². The first kappa shape index (κ1) is 59.0. The highest BCUT2D eigenvalue weighted by atomic mass is 16.7. The van der Waals surface area contributed by atoms with Crippen LogP contribution in [0.3, 0.4) is 0 Å². The molecule has 13 atom stereocenters. The van der Waals surface area contributed by atoms with Crippen molar-refractivity contribution in [1.82, 2.24) is 0 Å². The third-order valence-corrected chi connectivity index (χ3v) is 20.3. The third kappa shape index (κ3) is 11.8. The number of epoxide rings is 1. The van der Waals surface area contributed by atoms with E-state index >= 15 is 0 Å². The molecule has 424 valence electrons. The Morgan fingerprint density at radius 2 is 1.33 bits per heavy atom. The second kappa shape index (κ2) is 24.3. The van der Waals surface area contributed by atoms with Crippen molar-refractivity contribution < 1.29 is 48.1 Å². The quantitative estimate of drug-likeness (QED) is 0.0365. The monoisotopic (exact) mass is 1070 g/mol. The number of carbonyl (C=O) groups excluding carboxylic acids is 4. The van der Waals surface area contributed by atoms with Crippen molar-refractivity contribution in [3.63, 3.8) is 0 Å². The first-order valence-electron chi connectivity index (χ1n) is 30.1. The van der Waals surface area contributed by atoms with E-state index in [4.69, 9.17) is 24.2 Å². The molecular weight excluding hydrogens is 979 g/mol. The number of carboxylic acids is 1. The van der Waals surface area contributed by atoms with Crippen LogP contribution in [-0.2, 0) is 43.6 Å². The van der Waals surface area contributed by atoms with E-state index in [1.165, 1.54) is 67.7 Å². The van der Waals surface area contributed by atoms with Gasteiger partial charge in [0.15, 0.2) is 5.71 Å². The van der Waals surface area contributed by atoms with Gasteiger partial charge in [-0.2, -0.15) is 0 Å². The predicted octanol–water partition coefficient (Wildman–Crippen LogP) is 14.7. The minimum absolute atomic E-state index is 0.0119. The largest absolute Gasteiger partial charge is 0.481 e. The van der Waals surface area contributed by atoms with Gasteiger partial charge < -0.3 is 24.2 Å². The molecule has 1 saturated heterocycles. The molecule has 11 heteroatoms. The second-order valence-electron chi connectivity index (χ2n) is 25.7. The number of fused-ring (bicyclic) bond motifs is 15. The summed E-state index contributed by atoms with van der Waals surface area (Å²) in [5.41, 5.74) is 6.30. The molecule has 3 aromatic carbocycles. The summed E-state index contributed by atoms with van der Waals surface area (Å²) in [6.07, 6.45) is 18.5. The first-order valence-corrected chi connectivity index (χ1v) is 30.1. The Labute approximate surface area is 465 Å². The minimum Gasteiger partial charge on any atom is -0.481 e. The number of hydrogen-bond acceptors (Lipinski definition) is 10. The molecule has 1 heterocycles. The summed E-state index contributed by atoms with van der Waals surface area (Å²) in [7, 11) is 0. The number of hydrogen-bond donors (Lipinski definition) is 1. The number of ketones is 1. The van der Waals surface area contributed by atoms with E-state index in [0.29, 0.717) is 47.5 Å². The van der Waals surface area contributed by atoms with Crippen LogP contribution >= 0.6 is 0 Å². The van der Waals surface area contributed by atoms with Gasteiger partial charge in [-0.15, -0.1) is 0 Å². The summed E-state index contributed by atoms with van der Waals surface area (Å²) in [6.45, 7) is 23.0. The van der Waals surface area contributed by atoms with E-state index < -0.39 is 17.4 Å². The predicted molar refractivity (Wildman–Crippen MR) is 305 cm³/mol. The summed E-state index contributed by atoms with van der Waals surface area (Å²) in [6, 6.07) is 22.1. The molecule has 78 heavy (non-hydrogen) atoms. The normalized spacial score (nSPS) is 29.1. The summed E-state index contributed by atoms with van der Waals surface area (Å²) < 4.78 is 17.3. The standard InChI is InChI=1S/C30H31NO3.C16H26O2.C15H22O3.C6H12O2/c1-5-17-30(18-6-2)26-14-10-9-13-24(26)25-16-15-22(19-27(25)30)29(33)28(31-34-21(4)32)23-12-8-7-11-20(23)3;1-4-16(2,3)15(17)18-14-9-10-8-13(14)12-7-5-6-11(10)12;1-3-7(2)15(16)18-11-5-8-4-10(11)13-9(8)6-12-14(13)17-12;1-4-6(2,3)5(7)8/h7-16,19H,5-6,17-18H2,1-4H3;10-14H,4-9H2,1-3H3;7-14H,3-6H2,1-2H3;4H2,1-3H3,(H,7,8)/b31-28+;;;. The fourth-order valence-corrected chi connectivity index (χ4v) is 15.0. The number of carboxylic acid groups (broad SMARTS) is 1. The molecule has 3 aromatic rings. The number of benzene rings is 3. The Morgan fingerprint density at radius 3 is 1.96 bits per heavy atom. The minimum atomic E-state index is -0.722. The molecule has 11 nitrogen and oxygen atoms in total. The van der Waals surface area contributed by atoms with Crippen molar-refractivity contribution >= 4 is 35.4 Å². The van der Waals surface area contributed by atoms with E-state index in [1.54, 1.807) is 13.8 Å². The zero-order valence-electron chi connectivity index (χ0n) is 49.0. The number of aliphatic carboxylic acids is 1. The van der Waals surface area contributed by atoms with Crippen molar-refractivity contribution in [2.24, 2.45) is 69.2 Å². The number of aryl methyl sites for hydroxylation is 1. The van der Waals surface area contributed by atoms with Crippen LogP contribution in [0.5, 0.6) is 0 Å². The highest BCUT2D eigenvalue weighted by Crippen LogP contribution is 2.65. The van der Waals surface area contributed by atoms with Crippen LogP contribution in [0.25, 0.3) is 11.1 Å². The molecule has 0 radical (unpaired) electrons. The van der Waals surface area contributed by atoms with Gasteiger partial charge in [0.1, 0.15) is 12.2 Å². The Balaban J connectivity index is 0.000000153. The van der Waals surface area contributed by atoms with Crippen LogP contribution < -0.4 is 0 Å². The molecular formula is C67H91NO10. The van der Waals surface area contributed by atoms with Gasteiger partial charge in [0, 0.05) is 29.4 Å². The van der Waals surface area contributed by atoms with Crippen molar-refractivity contribution in [3.05, 3.63) is 94.5 Å². The summed E-state index contributed by atoms with van der Waals surface area (Å²) in [5, 5.41) is 12.4. The molecule has 8 aliphatic rings. The Morgan fingerprint density at radius 1 is 0.718 bits per heavy atom. The van der Waals surface area contributed by atoms with E-state index in [1.807, 2.05) is 77.9 Å². The first-order chi connectivity index (χ1) is 37.1. The lowest BCUT2D eigenvalue weighted by Crippen LogP contribution is -2.36. The van der Waals surface area contributed by atoms with Crippen LogP contribution in [0.2, 0.25) is 0 Å². The smallest absolute Gasteiger partial charge is 0.332 e. The number of Topliss-reactive ketones (excluding diaryl/α,β-unsaturated/α-hetero) is 1. The maximum absolute atomic E-state index is 13.8. The van der Waals surface area contributed by atoms with Crippen molar-refractivity contribution in [1.29, 1.82) is 0 Å². The molecule has 7 aliphatic carbocycles. The maximum Gasteiger partial charge on any atom is 0.332 e. The number of ether oxygens (including phenoxy) is 3. The zero-order valence-corrected chi connectivity index (χ0v) is 49.0. The fourth-order valence-electron chi connectivity index (χ4n) is 15.0. The highest BCUT2D eigenvalue weighted by Gasteiger charge is 2.67. The van der Waals surface area contributed by atoms with Gasteiger partial charge in [-0.3, -0.25) is 19.2 Å². The Hall–Kier alpha value is -5.16. The number of carbonyl (C=O) groups is 5. The van der Waals surface area contributed by atoms with E-state index in [2.05, 4.69) is 56.3 Å². The van der Waals surface area contributed by atoms with Gasteiger partial charge >= 0.3 is 23.9 Å². The molecule has 0 aromatic heterocycles. The summed E-state index contributed by atoms with van der Waals surface area (Å²) >= 11 is 0. The average Bonchev–Trinajstić information content (AvgIpc) is 4.34. The van der Waals surface area contributed by atoms with Crippen LogP contribution in [0.4, 0.5) is 0 Å². The lowest BCUT2D eigenvalue weighted by atomic mass is 9.71. The Bertz CT molecular complexity index is 2700. The molecule has 4 bridgehead atoms. The van der Waals surface area contributed by atoms with Crippen LogP contribution in [0, 0.1) is 71.0 Å². The molecule has 6 saturated carbocycles. The maximum atomic E-state index is 13.8. The van der Waals surface area contributed by atoms with Gasteiger partial charge in [-0.05, 0) is 187 Å².